The molecule has 3 N–H and O–H groups in total. The lowest BCUT2D eigenvalue weighted by molar-refractivity contribution is 0.0600. The summed E-state index contributed by atoms with van der Waals surface area (Å²) >= 11 is 6.52. The number of hydrogen-bond acceptors (Lipinski definition) is 6. The lowest BCUT2D eigenvalue weighted by atomic mass is 10.1. The van der Waals surface area contributed by atoms with Crippen LogP contribution in [-0.2, 0) is 11.3 Å². The molecule has 3 aromatic rings. The molecule has 0 aliphatic rings. The van der Waals surface area contributed by atoms with Crippen molar-refractivity contribution in [3.8, 4) is 5.69 Å². The van der Waals surface area contributed by atoms with E-state index in [1.807, 2.05) is 31.2 Å². The Hall–Kier alpha value is -2.97. The van der Waals surface area contributed by atoms with Crippen molar-refractivity contribution in [3.05, 3.63) is 74.1 Å². The number of thiazole rings is 1. The van der Waals surface area contributed by atoms with Gasteiger partial charge in [-0.25, -0.2) is 4.79 Å². The quantitative estimate of drug-likeness (QED) is 0.490. The van der Waals surface area contributed by atoms with E-state index in [-0.39, 0.29) is 11.7 Å². The molecular formula is C20H19N3O3S2. The zero-order chi connectivity index (χ0) is 20.3. The third kappa shape index (κ3) is 4.13. The van der Waals surface area contributed by atoms with Crippen molar-refractivity contribution in [1.82, 2.24) is 9.88 Å². The molecule has 0 saturated carbocycles. The fourth-order valence-electron chi connectivity index (χ4n) is 2.65. The van der Waals surface area contributed by atoms with Gasteiger partial charge in [0, 0.05) is 6.54 Å². The van der Waals surface area contributed by atoms with Crippen LogP contribution in [0.25, 0.3) is 5.69 Å². The number of nitrogen functional groups attached to an aromatic ring is 1. The molecular weight excluding hydrogens is 394 g/mol. The van der Waals surface area contributed by atoms with Gasteiger partial charge in [-0.1, -0.05) is 47.2 Å². The number of rotatable bonds is 5. The van der Waals surface area contributed by atoms with E-state index in [2.05, 4.69) is 5.32 Å². The van der Waals surface area contributed by atoms with Crippen molar-refractivity contribution in [1.29, 1.82) is 0 Å². The molecule has 0 unspecified atom stereocenters. The molecule has 8 heteroatoms. The number of carbonyl (C=O) groups excluding carboxylic acids is 2. The van der Waals surface area contributed by atoms with Gasteiger partial charge in [0.2, 0.25) is 0 Å². The second-order valence-corrected chi connectivity index (χ2v) is 7.77. The van der Waals surface area contributed by atoms with Crippen LogP contribution in [0.3, 0.4) is 0 Å². The molecule has 0 bridgehead atoms. The Morgan fingerprint density at radius 2 is 1.93 bits per heavy atom. The van der Waals surface area contributed by atoms with Crippen molar-refractivity contribution >= 4 is 41.2 Å². The van der Waals surface area contributed by atoms with Crippen molar-refractivity contribution in [3.63, 3.8) is 0 Å². The normalized spacial score (nSPS) is 10.5. The highest BCUT2D eigenvalue weighted by Gasteiger charge is 2.18. The van der Waals surface area contributed by atoms with Crippen molar-refractivity contribution in [2.45, 2.75) is 13.5 Å². The first-order chi connectivity index (χ1) is 13.4. The van der Waals surface area contributed by atoms with E-state index in [0.29, 0.717) is 26.6 Å². The minimum Gasteiger partial charge on any atom is -0.465 e. The number of anilines is 1. The number of nitrogens with one attached hydrogen (secondary N) is 1. The predicted octanol–water partition coefficient (Wildman–Crippen LogP) is 3.88. The van der Waals surface area contributed by atoms with Crippen LogP contribution < -0.4 is 11.1 Å². The Labute approximate surface area is 171 Å². The molecule has 0 fully saturated rings. The second-order valence-electron chi connectivity index (χ2n) is 6.13. The van der Waals surface area contributed by atoms with Crippen LogP contribution in [0.15, 0.2) is 48.5 Å². The van der Waals surface area contributed by atoms with Crippen LogP contribution in [0.2, 0.25) is 0 Å². The first-order valence-electron chi connectivity index (χ1n) is 8.44. The van der Waals surface area contributed by atoms with Crippen molar-refractivity contribution < 1.29 is 14.3 Å². The second kappa shape index (κ2) is 8.37. The molecule has 3 rings (SSSR count). The van der Waals surface area contributed by atoms with Crippen LogP contribution in [0.4, 0.5) is 5.82 Å². The molecule has 0 aliphatic carbocycles. The average Bonchev–Trinajstić information content (AvgIpc) is 3.01. The molecule has 28 heavy (non-hydrogen) atoms. The standard InChI is InChI=1S/C20H19N3O3S2/c1-12-6-8-13(9-7-12)11-22-18(24)16-17(21)23(20(27)28-16)15-5-3-4-14(10-15)19(25)26-2/h3-10H,11,21H2,1-2H3,(H,22,24). The number of carbonyl (C=O) groups is 2. The van der Waals surface area contributed by atoms with Gasteiger partial charge in [-0.05, 0) is 42.9 Å². The van der Waals surface area contributed by atoms with E-state index >= 15 is 0 Å². The van der Waals surface area contributed by atoms with E-state index in [0.717, 1.165) is 22.5 Å². The molecule has 0 saturated heterocycles. The molecule has 0 radical (unpaired) electrons. The summed E-state index contributed by atoms with van der Waals surface area (Å²) in [4.78, 5) is 24.7. The monoisotopic (exact) mass is 413 g/mol. The van der Waals surface area contributed by atoms with Crippen molar-refractivity contribution in [2.75, 3.05) is 12.8 Å². The Morgan fingerprint density at radius 3 is 2.61 bits per heavy atom. The lowest BCUT2D eigenvalue weighted by Crippen LogP contribution is -2.23. The fraction of sp³-hybridized carbons (Fsp3) is 0.150. The minimum absolute atomic E-state index is 0.235. The molecule has 1 aromatic heterocycles. The van der Waals surface area contributed by atoms with E-state index in [1.165, 1.54) is 7.11 Å². The summed E-state index contributed by atoms with van der Waals surface area (Å²) in [5.74, 6) is -0.520. The largest absolute Gasteiger partial charge is 0.465 e. The number of hydrogen-bond donors (Lipinski definition) is 2. The van der Waals surface area contributed by atoms with Gasteiger partial charge in [0.15, 0.2) is 3.95 Å². The van der Waals surface area contributed by atoms with Gasteiger partial charge in [-0.15, -0.1) is 0 Å². The zero-order valence-corrected chi connectivity index (χ0v) is 17.0. The maximum Gasteiger partial charge on any atom is 0.337 e. The predicted molar refractivity (Wildman–Crippen MR) is 113 cm³/mol. The molecule has 1 amide bonds. The maximum absolute atomic E-state index is 12.6. The number of nitrogens with zero attached hydrogens (tertiary/aromatic N) is 1. The van der Waals surface area contributed by atoms with Gasteiger partial charge < -0.3 is 15.8 Å². The number of benzene rings is 2. The topological polar surface area (TPSA) is 86.3 Å². The molecule has 0 spiro atoms. The average molecular weight is 414 g/mol. The van der Waals surface area contributed by atoms with Gasteiger partial charge in [0.05, 0.1) is 18.4 Å². The first kappa shape index (κ1) is 19.8. The molecule has 0 atom stereocenters. The van der Waals surface area contributed by atoms with Gasteiger partial charge in [-0.2, -0.15) is 0 Å². The molecule has 2 aromatic carbocycles. The molecule has 144 valence electrons. The smallest absolute Gasteiger partial charge is 0.337 e. The fourth-order valence-corrected chi connectivity index (χ4v) is 3.93. The third-order valence-electron chi connectivity index (χ3n) is 4.15. The number of amides is 1. The maximum atomic E-state index is 12.6. The number of aryl methyl sites for hydroxylation is 1. The summed E-state index contributed by atoms with van der Waals surface area (Å²) in [7, 11) is 1.32. The Morgan fingerprint density at radius 1 is 1.21 bits per heavy atom. The van der Waals surface area contributed by atoms with Crippen LogP contribution in [0, 0.1) is 10.9 Å². The summed E-state index contributed by atoms with van der Waals surface area (Å²) < 4.78 is 6.74. The highest BCUT2D eigenvalue weighted by molar-refractivity contribution is 7.73. The highest BCUT2D eigenvalue weighted by atomic mass is 32.1. The summed E-state index contributed by atoms with van der Waals surface area (Å²) in [5.41, 5.74) is 9.33. The van der Waals surface area contributed by atoms with Gasteiger partial charge in [0.25, 0.3) is 5.91 Å². The lowest BCUT2D eigenvalue weighted by Gasteiger charge is -2.08. The Balaban J connectivity index is 1.85. The summed E-state index contributed by atoms with van der Waals surface area (Å²) in [6.45, 7) is 2.40. The summed E-state index contributed by atoms with van der Waals surface area (Å²) in [6, 6.07) is 14.6. The Kier molecular flexibility index (Phi) is 5.91. The first-order valence-corrected chi connectivity index (χ1v) is 9.67. The van der Waals surface area contributed by atoms with Crippen LogP contribution in [-0.4, -0.2) is 23.6 Å². The number of nitrogens with two attached hydrogens (primary N) is 1. The molecule has 1 heterocycles. The van der Waals surface area contributed by atoms with E-state index < -0.39 is 5.97 Å². The third-order valence-corrected chi connectivity index (χ3v) is 5.54. The zero-order valence-electron chi connectivity index (χ0n) is 15.4. The number of aromatic nitrogens is 1. The molecule has 0 aliphatic heterocycles. The summed E-state index contributed by atoms with van der Waals surface area (Å²) in [6.07, 6.45) is 0. The SMILES string of the molecule is COC(=O)c1cccc(-n2c(N)c(C(=O)NCc3ccc(C)cc3)sc2=S)c1. The van der Waals surface area contributed by atoms with E-state index in [1.54, 1.807) is 28.8 Å². The van der Waals surface area contributed by atoms with Crippen LogP contribution in [0.1, 0.15) is 31.2 Å². The van der Waals surface area contributed by atoms with Gasteiger partial charge in [-0.3, -0.25) is 9.36 Å². The van der Waals surface area contributed by atoms with Crippen molar-refractivity contribution in [2.24, 2.45) is 0 Å². The van der Waals surface area contributed by atoms with Crippen LogP contribution >= 0.6 is 23.6 Å². The van der Waals surface area contributed by atoms with Crippen LogP contribution in [0.5, 0.6) is 0 Å². The van der Waals surface area contributed by atoms with Gasteiger partial charge >= 0.3 is 5.97 Å². The Bertz CT molecular complexity index is 1080. The number of ether oxygens (including phenoxy) is 1. The van der Waals surface area contributed by atoms with Gasteiger partial charge in [0.1, 0.15) is 10.7 Å². The number of esters is 1. The minimum atomic E-state index is -0.460. The van der Waals surface area contributed by atoms with E-state index in [4.69, 9.17) is 22.7 Å². The summed E-state index contributed by atoms with van der Waals surface area (Å²) in [5, 5.41) is 2.86. The van der Waals surface area contributed by atoms with E-state index in [9.17, 15) is 9.59 Å². The highest BCUT2D eigenvalue weighted by Crippen LogP contribution is 2.27. The molecule has 6 nitrogen and oxygen atoms in total. The number of methoxy groups -OCH3 is 1.